The van der Waals surface area contributed by atoms with Crippen LogP contribution in [-0.4, -0.2) is 40.2 Å². The van der Waals surface area contributed by atoms with Crippen molar-refractivity contribution >= 4 is 11.5 Å². The summed E-state index contributed by atoms with van der Waals surface area (Å²) >= 11 is 0. The van der Waals surface area contributed by atoms with Crippen LogP contribution in [0.25, 0.3) is 5.57 Å². The third-order valence-electron chi connectivity index (χ3n) is 3.42. The number of hydrogen-bond donors (Lipinski definition) is 2. The van der Waals surface area contributed by atoms with Crippen LogP contribution in [0.2, 0.25) is 0 Å². The van der Waals surface area contributed by atoms with E-state index in [0.29, 0.717) is 18.9 Å². The molecule has 0 bridgehead atoms. The monoisotopic (exact) mass is 277 g/mol. The number of ether oxygens (including phenoxy) is 2. The zero-order valence-electron chi connectivity index (χ0n) is 10.3. The van der Waals surface area contributed by atoms with Crippen LogP contribution in [0, 0.1) is 12.3 Å². The number of carboxylic acids is 1. The molecule has 0 amide bonds. The fourth-order valence-electron chi connectivity index (χ4n) is 2.58. The second kappa shape index (κ2) is 4.18. The lowest BCUT2D eigenvalue weighted by molar-refractivity contribution is -0.195. The Labute approximate surface area is 113 Å². The molecule has 7 heteroatoms. The van der Waals surface area contributed by atoms with Crippen molar-refractivity contribution in [3.8, 4) is 12.3 Å². The van der Waals surface area contributed by atoms with Gasteiger partial charge in [-0.15, -0.1) is 6.42 Å². The van der Waals surface area contributed by atoms with Crippen LogP contribution >= 0.6 is 0 Å². The highest BCUT2D eigenvalue weighted by molar-refractivity contribution is 5.94. The van der Waals surface area contributed by atoms with Gasteiger partial charge in [-0.05, 0) is 0 Å². The highest BCUT2D eigenvalue weighted by Gasteiger charge is 2.55. The van der Waals surface area contributed by atoms with Crippen molar-refractivity contribution in [2.45, 2.75) is 17.8 Å². The SMILES string of the molecule is C#C[C@]1(O)CC2(OCCO2)c2nocc2/C1=C\C(=O)O. The van der Waals surface area contributed by atoms with Gasteiger partial charge in [0.1, 0.15) is 6.26 Å². The lowest BCUT2D eigenvalue weighted by atomic mass is 9.76. The second-order valence-electron chi connectivity index (χ2n) is 4.60. The minimum Gasteiger partial charge on any atom is -0.478 e. The zero-order chi connectivity index (χ0) is 14.4. The molecule has 1 fully saturated rings. The second-order valence-corrected chi connectivity index (χ2v) is 4.60. The van der Waals surface area contributed by atoms with E-state index >= 15 is 0 Å². The van der Waals surface area contributed by atoms with Crippen molar-refractivity contribution in [3.63, 3.8) is 0 Å². The van der Waals surface area contributed by atoms with Gasteiger partial charge in [0.25, 0.3) is 0 Å². The van der Waals surface area contributed by atoms with Crippen LogP contribution in [0.4, 0.5) is 0 Å². The number of fused-ring (bicyclic) bond motifs is 2. The molecule has 1 spiro atoms. The largest absolute Gasteiger partial charge is 0.478 e. The summed E-state index contributed by atoms with van der Waals surface area (Å²) in [5.41, 5.74) is -1.22. The molecule has 104 valence electrons. The number of aromatic nitrogens is 1. The minimum absolute atomic E-state index is 0.0356. The van der Waals surface area contributed by atoms with Crippen molar-refractivity contribution in [3.05, 3.63) is 23.6 Å². The normalized spacial score (nSPS) is 29.3. The highest BCUT2D eigenvalue weighted by atomic mass is 16.7. The molecule has 0 aromatic carbocycles. The van der Waals surface area contributed by atoms with Crippen molar-refractivity contribution in [2.24, 2.45) is 0 Å². The number of rotatable bonds is 1. The topological polar surface area (TPSA) is 102 Å². The first-order valence-corrected chi connectivity index (χ1v) is 5.89. The van der Waals surface area contributed by atoms with E-state index < -0.39 is 17.4 Å². The lowest BCUT2D eigenvalue weighted by Crippen LogP contribution is -2.45. The van der Waals surface area contributed by atoms with Gasteiger partial charge in [0, 0.05) is 11.6 Å². The molecule has 1 aliphatic carbocycles. The Balaban J connectivity index is 2.23. The summed E-state index contributed by atoms with van der Waals surface area (Å²) in [6.45, 7) is 0.649. The Bertz CT molecular complexity index is 634. The summed E-state index contributed by atoms with van der Waals surface area (Å²) in [5, 5.41) is 23.3. The van der Waals surface area contributed by atoms with Crippen LogP contribution in [0.5, 0.6) is 0 Å². The number of aliphatic hydroxyl groups is 1. The minimum atomic E-state index is -1.83. The first-order valence-electron chi connectivity index (χ1n) is 5.89. The molecule has 2 heterocycles. The molecule has 1 saturated heterocycles. The van der Waals surface area contributed by atoms with Crippen LogP contribution in [-0.2, 0) is 20.1 Å². The average Bonchev–Trinajstić information content (AvgIpc) is 3.03. The average molecular weight is 277 g/mol. The number of hydrogen-bond acceptors (Lipinski definition) is 6. The van der Waals surface area contributed by atoms with Crippen molar-refractivity contribution in [1.82, 2.24) is 5.16 Å². The standard InChI is InChI=1S/C13H11NO6/c1-2-12(17)7-13(18-3-4-19-13)11-8(6-20-14-11)9(12)5-10(15)16/h1,5-6,17H,3-4,7H2,(H,15,16)/b9-5+/t12-/m0/s1. The molecule has 1 aromatic rings. The summed E-state index contributed by atoms with van der Waals surface area (Å²) in [7, 11) is 0. The third-order valence-corrected chi connectivity index (χ3v) is 3.42. The van der Waals surface area contributed by atoms with Gasteiger partial charge in [0.2, 0.25) is 5.79 Å². The third kappa shape index (κ3) is 1.67. The zero-order valence-corrected chi connectivity index (χ0v) is 10.3. The maximum absolute atomic E-state index is 10.9. The summed E-state index contributed by atoms with van der Waals surface area (Å²) in [4.78, 5) is 10.9. The van der Waals surface area contributed by atoms with E-state index in [0.717, 1.165) is 6.08 Å². The number of terminal acetylenes is 1. The van der Waals surface area contributed by atoms with Gasteiger partial charge in [0.15, 0.2) is 11.3 Å². The van der Waals surface area contributed by atoms with Gasteiger partial charge in [0.05, 0.1) is 25.2 Å². The highest BCUT2D eigenvalue weighted by Crippen LogP contribution is 2.49. The molecule has 0 unspecified atom stereocenters. The van der Waals surface area contributed by atoms with Crippen LogP contribution in [0.3, 0.4) is 0 Å². The first-order chi connectivity index (χ1) is 9.51. The van der Waals surface area contributed by atoms with Gasteiger partial charge in [-0.1, -0.05) is 11.1 Å². The van der Waals surface area contributed by atoms with E-state index in [-0.39, 0.29) is 17.6 Å². The molecule has 20 heavy (non-hydrogen) atoms. The fourth-order valence-corrected chi connectivity index (χ4v) is 2.58. The van der Waals surface area contributed by atoms with E-state index in [9.17, 15) is 9.90 Å². The van der Waals surface area contributed by atoms with Gasteiger partial charge < -0.3 is 24.2 Å². The Morgan fingerprint density at radius 3 is 2.80 bits per heavy atom. The molecule has 1 atom stereocenters. The van der Waals surface area contributed by atoms with E-state index in [4.69, 9.17) is 25.5 Å². The molecule has 3 rings (SSSR count). The molecular formula is C13H11NO6. The summed E-state index contributed by atoms with van der Waals surface area (Å²) < 4.78 is 16.0. The van der Waals surface area contributed by atoms with Gasteiger partial charge >= 0.3 is 5.97 Å². The van der Waals surface area contributed by atoms with Gasteiger partial charge in [-0.2, -0.15) is 0 Å². The summed E-state index contributed by atoms with van der Waals surface area (Å²) in [6, 6.07) is 0. The number of nitrogens with zero attached hydrogens (tertiary/aromatic N) is 1. The van der Waals surface area contributed by atoms with Crippen LogP contribution in [0.1, 0.15) is 17.7 Å². The Morgan fingerprint density at radius 1 is 1.50 bits per heavy atom. The fraction of sp³-hybridized carbons (Fsp3) is 0.385. The molecule has 0 saturated carbocycles. The number of carboxylic acid groups (broad SMARTS) is 1. The van der Waals surface area contributed by atoms with E-state index in [1.165, 1.54) is 6.26 Å². The van der Waals surface area contributed by atoms with E-state index in [1.54, 1.807) is 0 Å². The van der Waals surface area contributed by atoms with Crippen molar-refractivity contribution in [1.29, 1.82) is 0 Å². The molecular weight excluding hydrogens is 266 g/mol. The molecule has 0 radical (unpaired) electrons. The number of carbonyl (C=O) groups is 1. The Kier molecular flexibility index (Phi) is 2.69. The van der Waals surface area contributed by atoms with Crippen molar-refractivity contribution in [2.75, 3.05) is 13.2 Å². The first kappa shape index (κ1) is 12.9. The molecule has 2 aliphatic rings. The van der Waals surface area contributed by atoms with Crippen LogP contribution in [0.15, 0.2) is 16.9 Å². The Morgan fingerprint density at radius 2 is 2.20 bits per heavy atom. The maximum atomic E-state index is 10.9. The van der Waals surface area contributed by atoms with Gasteiger partial charge in [-0.25, -0.2) is 4.79 Å². The predicted molar refractivity (Wildman–Crippen MR) is 64.1 cm³/mol. The summed E-state index contributed by atoms with van der Waals surface area (Å²) in [6.07, 6.45) is 7.31. The summed E-state index contributed by atoms with van der Waals surface area (Å²) in [5.74, 6) is -0.312. The Hall–Kier alpha value is -2.14. The van der Waals surface area contributed by atoms with Gasteiger partial charge in [-0.3, -0.25) is 0 Å². The van der Waals surface area contributed by atoms with E-state index in [2.05, 4.69) is 11.1 Å². The smallest absolute Gasteiger partial charge is 0.328 e. The van der Waals surface area contributed by atoms with Crippen LogP contribution < -0.4 is 0 Å². The lowest BCUT2D eigenvalue weighted by Gasteiger charge is -2.38. The molecule has 1 aliphatic heterocycles. The number of aliphatic carboxylic acids is 1. The van der Waals surface area contributed by atoms with Crippen molar-refractivity contribution < 1.29 is 29.0 Å². The molecule has 1 aromatic heterocycles. The maximum Gasteiger partial charge on any atom is 0.328 e. The molecule has 2 N–H and O–H groups in total. The quantitative estimate of drug-likeness (QED) is 0.554. The predicted octanol–water partition coefficient (Wildman–Crippen LogP) is 0.110. The van der Waals surface area contributed by atoms with E-state index in [1.807, 2.05) is 0 Å². The molecule has 7 nitrogen and oxygen atoms in total.